The number of alkyl halides is 3. The highest BCUT2D eigenvalue weighted by Crippen LogP contribution is 2.55. The minimum Gasteiger partial charge on any atom is -0.488 e. The molecule has 33 heavy (non-hydrogen) atoms. The van der Waals surface area contributed by atoms with E-state index in [-0.39, 0.29) is 17.7 Å². The van der Waals surface area contributed by atoms with Gasteiger partial charge in [-0.3, -0.25) is 4.79 Å². The zero-order valence-corrected chi connectivity index (χ0v) is 19.5. The number of benzene rings is 1. The normalized spacial score (nSPS) is 21.1. The number of ether oxygens (including phenoxy) is 1. The number of hydrogen-bond donors (Lipinski definition) is 1. The smallest absolute Gasteiger partial charge is 0.419 e. The van der Waals surface area contributed by atoms with Crippen molar-refractivity contribution in [3.8, 4) is 11.8 Å². The van der Waals surface area contributed by atoms with Crippen LogP contribution in [-0.2, 0) is 6.18 Å². The molecule has 0 atom stereocenters. The molecule has 1 aromatic heterocycles. The van der Waals surface area contributed by atoms with Gasteiger partial charge < -0.3 is 10.1 Å². The van der Waals surface area contributed by atoms with E-state index in [0.717, 1.165) is 17.8 Å². The van der Waals surface area contributed by atoms with Crippen molar-refractivity contribution in [1.82, 2.24) is 10.3 Å². The minimum absolute atomic E-state index is 0.0680. The molecule has 0 saturated heterocycles. The molecule has 1 amide bonds. The third-order valence-electron chi connectivity index (χ3n) is 6.48. The summed E-state index contributed by atoms with van der Waals surface area (Å²) in [7, 11) is 0. The van der Waals surface area contributed by atoms with Gasteiger partial charge in [0.2, 0.25) is 0 Å². The molecule has 3 rings (SSSR count). The summed E-state index contributed by atoms with van der Waals surface area (Å²) in [5.74, 6) is 0.0786. The second-order valence-corrected chi connectivity index (χ2v) is 10.0. The molecule has 0 aliphatic heterocycles. The number of nitrogens with one attached hydrogen (secondary N) is 1. The Morgan fingerprint density at radius 1 is 1.15 bits per heavy atom. The largest absolute Gasteiger partial charge is 0.488 e. The maximum atomic E-state index is 13.3. The third-order valence-corrected chi connectivity index (χ3v) is 6.48. The summed E-state index contributed by atoms with van der Waals surface area (Å²) in [5.41, 5.74) is -1.28. The van der Waals surface area contributed by atoms with E-state index >= 15 is 0 Å². The fourth-order valence-corrected chi connectivity index (χ4v) is 4.99. The highest BCUT2D eigenvalue weighted by Gasteiger charge is 2.64. The van der Waals surface area contributed by atoms with E-state index in [1.807, 2.05) is 39.8 Å². The van der Waals surface area contributed by atoms with Gasteiger partial charge in [0.15, 0.2) is 5.69 Å². The number of nitrogens with zero attached hydrogens (tertiary/aromatic N) is 2. The monoisotopic (exact) mass is 459 g/mol. The van der Waals surface area contributed by atoms with Crippen LogP contribution in [0.5, 0.6) is 5.75 Å². The van der Waals surface area contributed by atoms with Crippen LogP contribution in [0.3, 0.4) is 0 Å². The van der Waals surface area contributed by atoms with Gasteiger partial charge in [-0.2, -0.15) is 18.4 Å². The lowest BCUT2D eigenvalue weighted by molar-refractivity contribution is -0.165. The lowest BCUT2D eigenvalue weighted by Gasteiger charge is -2.63. The first-order chi connectivity index (χ1) is 15.2. The summed E-state index contributed by atoms with van der Waals surface area (Å²) in [6, 6.07) is 9.43. The van der Waals surface area contributed by atoms with Crippen molar-refractivity contribution in [2.24, 2.45) is 10.8 Å². The molecule has 1 saturated carbocycles. The van der Waals surface area contributed by atoms with E-state index in [1.54, 1.807) is 12.1 Å². The Balaban J connectivity index is 1.78. The van der Waals surface area contributed by atoms with Crippen molar-refractivity contribution < 1.29 is 22.7 Å². The predicted octanol–water partition coefficient (Wildman–Crippen LogP) is 5.71. The highest BCUT2D eigenvalue weighted by molar-refractivity contribution is 5.94. The van der Waals surface area contributed by atoms with Crippen LogP contribution in [0, 0.1) is 22.2 Å². The number of amides is 1. The van der Waals surface area contributed by atoms with Crippen molar-refractivity contribution >= 4 is 5.91 Å². The Bertz CT molecular complexity index is 1070. The topological polar surface area (TPSA) is 75.0 Å². The summed E-state index contributed by atoms with van der Waals surface area (Å²) in [6.07, 6.45) is -4.08. The second-order valence-electron chi connectivity index (χ2n) is 10.0. The van der Waals surface area contributed by atoms with E-state index in [9.17, 15) is 18.0 Å². The molecule has 1 aliphatic carbocycles. The van der Waals surface area contributed by atoms with Crippen LogP contribution in [0.1, 0.15) is 74.6 Å². The molecule has 2 aromatic rings. The number of carbonyl (C=O) groups excluding carboxylic acids is 1. The number of carbonyl (C=O) groups is 1. The molecule has 176 valence electrons. The molecule has 1 aliphatic rings. The molecule has 1 aromatic carbocycles. The van der Waals surface area contributed by atoms with Crippen molar-refractivity contribution in [2.75, 3.05) is 0 Å². The van der Waals surface area contributed by atoms with Gasteiger partial charge in [0.1, 0.15) is 17.9 Å². The van der Waals surface area contributed by atoms with Crippen molar-refractivity contribution in [3.05, 3.63) is 58.9 Å². The Hall–Kier alpha value is -3.08. The number of nitriles is 1. The first-order valence-corrected chi connectivity index (χ1v) is 10.7. The molecule has 1 N–H and O–H groups in total. The van der Waals surface area contributed by atoms with Crippen molar-refractivity contribution in [2.45, 2.75) is 65.8 Å². The zero-order chi connectivity index (χ0) is 24.8. The molecule has 0 spiro atoms. The third kappa shape index (κ3) is 4.54. The van der Waals surface area contributed by atoms with Gasteiger partial charge in [-0.1, -0.05) is 53.7 Å². The Morgan fingerprint density at radius 3 is 2.21 bits per heavy atom. The minimum atomic E-state index is -4.72. The lowest BCUT2D eigenvalue weighted by atomic mass is 9.49. The van der Waals surface area contributed by atoms with Gasteiger partial charge in [0, 0.05) is 22.4 Å². The maximum Gasteiger partial charge on any atom is 0.419 e. The molecule has 0 radical (unpaired) electrons. The number of aromatic nitrogens is 1. The standard InChI is InChI=1S/C25H28F3N3O2/c1-14(2)15-7-9-16(10-8-15)20(32)31-21-23(3,4)22(24(21,5)6)33-17-11-18(25(26,27)28)19(12-29)30-13-17/h7-11,13-14,21-22H,1-6H3,(H,31,32)/t21-,22-. The molecular weight excluding hydrogens is 431 g/mol. The molecule has 5 nitrogen and oxygen atoms in total. The van der Waals surface area contributed by atoms with Crippen molar-refractivity contribution in [3.63, 3.8) is 0 Å². The summed E-state index contributed by atoms with van der Waals surface area (Å²) < 4.78 is 45.8. The Morgan fingerprint density at radius 2 is 1.73 bits per heavy atom. The first kappa shape index (κ1) is 24.6. The van der Waals surface area contributed by atoms with Gasteiger partial charge >= 0.3 is 6.18 Å². The fourth-order valence-electron chi connectivity index (χ4n) is 4.99. The van der Waals surface area contributed by atoms with E-state index in [1.165, 1.54) is 6.07 Å². The molecule has 0 unspecified atom stereocenters. The van der Waals surface area contributed by atoms with Crippen LogP contribution in [-0.4, -0.2) is 23.0 Å². The van der Waals surface area contributed by atoms with E-state index < -0.39 is 34.4 Å². The SMILES string of the molecule is CC(C)c1ccc(C(=O)N[C@H]2C(C)(C)[C@H](Oc3cnc(C#N)c(C(F)(F)F)c3)C2(C)C)cc1. The van der Waals surface area contributed by atoms with Crippen molar-refractivity contribution in [1.29, 1.82) is 5.26 Å². The number of rotatable bonds is 5. The van der Waals surface area contributed by atoms with Crippen LogP contribution in [0.25, 0.3) is 0 Å². The first-order valence-electron chi connectivity index (χ1n) is 10.7. The number of pyridine rings is 1. The van der Waals surface area contributed by atoms with Crippen LogP contribution in [0.4, 0.5) is 13.2 Å². The van der Waals surface area contributed by atoms with Crippen LogP contribution < -0.4 is 10.1 Å². The van der Waals surface area contributed by atoms with E-state index in [2.05, 4.69) is 24.1 Å². The lowest BCUT2D eigenvalue weighted by Crippen LogP contribution is -2.74. The summed E-state index contributed by atoms with van der Waals surface area (Å²) in [5, 5.41) is 12.0. The second kappa shape index (κ2) is 8.36. The summed E-state index contributed by atoms with van der Waals surface area (Å²) in [4.78, 5) is 16.5. The Labute approximate surface area is 192 Å². The van der Waals surface area contributed by atoms with Gasteiger partial charge in [-0.25, -0.2) is 4.98 Å². The van der Waals surface area contributed by atoms with E-state index in [4.69, 9.17) is 10.00 Å². The average Bonchev–Trinajstić information content (AvgIpc) is 2.74. The zero-order valence-electron chi connectivity index (χ0n) is 19.5. The Kier molecular flexibility index (Phi) is 6.22. The van der Waals surface area contributed by atoms with Crippen LogP contribution in [0.2, 0.25) is 0 Å². The molecule has 1 heterocycles. The fraction of sp³-hybridized carbons (Fsp3) is 0.480. The highest BCUT2D eigenvalue weighted by atomic mass is 19.4. The van der Waals surface area contributed by atoms with Gasteiger partial charge in [-0.05, 0) is 29.7 Å². The average molecular weight is 460 g/mol. The summed E-state index contributed by atoms with van der Waals surface area (Å²) >= 11 is 0. The molecule has 8 heteroatoms. The van der Waals surface area contributed by atoms with Gasteiger partial charge in [0.25, 0.3) is 5.91 Å². The molecular formula is C25H28F3N3O2. The van der Waals surface area contributed by atoms with Crippen LogP contribution in [0.15, 0.2) is 36.5 Å². The molecule has 1 fully saturated rings. The molecule has 0 bridgehead atoms. The summed E-state index contributed by atoms with van der Waals surface area (Å²) in [6.45, 7) is 11.8. The quantitative estimate of drug-likeness (QED) is 0.622. The van der Waals surface area contributed by atoms with Gasteiger partial charge in [-0.15, -0.1) is 0 Å². The maximum absolute atomic E-state index is 13.3. The predicted molar refractivity (Wildman–Crippen MR) is 118 cm³/mol. The van der Waals surface area contributed by atoms with Crippen LogP contribution >= 0.6 is 0 Å². The number of hydrogen-bond acceptors (Lipinski definition) is 4. The van der Waals surface area contributed by atoms with Gasteiger partial charge in [0.05, 0.1) is 11.8 Å². The number of halogens is 3. The van der Waals surface area contributed by atoms with E-state index in [0.29, 0.717) is 11.5 Å².